The summed E-state index contributed by atoms with van der Waals surface area (Å²) in [5.74, 6) is 0.608. The smallest absolute Gasteiger partial charge is 0.216 e. The first kappa shape index (κ1) is 17.1. The first-order valence-electron chi connectivity index (χ1n) is 5.69. The highest BCUT2D eigenvalue weighted by atomic mass is 35.5. The highest BCUT2D eigenvalue weighted by molar-refractivity contribution is 7.89. The van der Waals surface area contributed by atoms with Crippen LogP contribution in [0.3, 0.4) is 0 Å². The van der Waals surface area contributed by atoms with E-state index in [4.69, 9.17) is 10.5 Å². The molecule has 1 rings (SSSR count). The zero-order valence-electron chi connectivity index (χ0n) is 10.5. The summed E-state index contributed by atoms with van der Waals surface area (Å²) in [6.07, 6.45) is 1.78. The van der Waals surface area contributed by atoms with E-state index in [9.17, 15) is 8.42 Å². The van der Waals surface area contributed by atoms with E-state index in [-0.39, 0.29) is 30.8 Å². The number of hydrogen-bond donors (Lipinski definition) is 1. The van der Waals surface area contributed by atoms with Crippen LogP contribution in [0.2, 0.25) is 0 Å². The van der Waals surface area contributed by atoms with E-state index in [0.29, 0.717) is 19.0 Å². The molecule has 1 aliphatic heterocycles. The van der Waals surface area contributed by atoms with Gasteiger partial charge in [-0.25, -0.2) is 8.42 Å². The van der Waals surface area contributed by atoms with Gasteiger partial charge in [-0.05, 0) is 18.8 Å². The topological polar surface area (TPSA) is 72.6 Å². The van der Waals surface area contributed by atoms with Crippen molar-refractivity contribution in [2.45, 2.75) is 25.8 Å². The summed E-state index contributed by atoms with van der Waals surface area (Å²) in [4.78, 5) is 0. The van der Waals surface area contributed by atoms with Crippen LogP contribution in [0.5, 0.6) is 0 Å². The molecule has 5 nitrogen and oxygen atoms in total. The molecule has 7 heteroatoms. The van der Waals surface area contributed by atoms with E-state index in [2.05, 4.69) is 6.92 Å². The van der Waals surface area contributed by atoms with Gasteiger partial charge in [-0.3, -0.25) is 0 Å². The molecular formula is C10H23ClN2O3S. The van der Waals surface area contributed by atoms with Gasteiger partial charge in [0, 0.05) is 26.2 Å². The Morgan fingerprint density at radius 3 is 2.65 bits per heavy atom. The first-order valence-corrected chi connectivity index (χ1v) is 7.30. The molecule has 0 aromatic rings. The van der Waals surface area contributed by atoms with Crippen LogP contribution >= 0.6 is 12.4 Å². The van der Waals surface area contributed by atoms with Gasteiger partial charge in [0.25, 0.3) is 0 Å². The quantitative estimate of drug-likeness (QED) is 0.796. The number of halogens is 1. The van der Waals surface area contributed by atoms with Crippen LogP contribution < -0.4 is 5.73 Å². The van der Waals surface area contributed by atoms with Crippen molar-refractivity contribution in [1.82, 2.24) is 4.31 Å². The van der Waals surface area contributed by atoms with Crippen molar-refractivity contribution < 1.29 is 13.2 Å². The predicted molar refractivity (Wildman–Crippen MR) is 70.9 cm³/mol. The lowest BCUT2D eigenvalue weighted by Crippen LogP contribution is -2.50. The number of ether oxygens (including phenoxy) is 1. The van der Waals surface area contributed by atoms with E-state index in [1.165, 1.54) is 7.11 Å². The summed E-state index contributed by atoms with van der Waals surface area (Å²) in [5.41, 5.74) is 5.64. The van der Waals surface area contributed by atoms with Gasteiger partial charge in [-0.2, -0.15) is 4.31 Å². The third kappa shape index (κ3) is 4.71. The molecule has 0 aromatic heterocycles. The standard InChI is InChI=1S/C10H22N2O3S.ClH/c1-9-3-4-12(10(7-9)8-11)16(13,14)6-5-15-2;/h9-10H,3-8,11H2,1-2H3;1H. The normalized spacial score (nSPS) is 26.5. The molecule has 0 saturated carbocycles. The lowest BCUT2D eigenvalue weighted by atomic mass is 9.94. The highest BCUT2D eigenvalue weighted by Gasteiger charge is 2.33. The average molecular weight is 287 g/mol. The zero-order chi connectivity index (χ0) is 12.2. The second-order valence-corrected chi connectivity index (χ2v) is 6.48. The molecule has 104 valence electrons. The summed E-state index contributed by atoms with van der Waals surface area (Å²) < 4.78 is 30.4. The van der Waals surface area contributed by atoms with Gasteiger partial charge in [-0.1, -0.05) is 6.92 Å². The second kappa shape index (κ2) is 7.53. The number of sulfonamides is 1. The van der Waals surface area contributed by atoms with Gasteiger partial charge in [0.1, 0.15) is 0 Å². The minimum absolute atomic E-state index is 0. The zero-order valence-corrected chi connectivity index (χ0v) is 12.1. The Hall–Kier alpha value is 0.120. The van der Waals surface area contributed by atoms with Crippen LogP contribution in [0.4, 0.5) is 0 Å². The highest BCUT2D eigenvalue weighted by Crippen LogP contribution is 2.24. The van der Waals surface area contributed by atoms with Crippen molar-refractivity contribution in [2.24, 2.45) is 11.7 Å². The van der Waals surface area contributed by atoms with E-state index in [0.717, 1.165) is 12.8 Å². The Bertz CT molecular complexity index is 311. The van der Waals surface area contributed by atoms with Gasteiger partial charge < -0.3 is 10.5 Å². The molecule has 2 unspecified atom stereocenters. The van der Waals surface area contributed by atoms with Crippen LogP contribution in [0.25, 0.3) is 0 Å². The fraction of sp³-hybridized carbons (Fsp3) is 1.00. The van der Waals surface area contributed by atoms with E-state index in [1.807, 2.05) is 0 Å². The third-order valence-electron chi connectivity index (χ3n) is 3.10. The van der Waals surface area contributed by atoms with Crippen molar-refractivity contribution in [2.75, 3.05) is 32.6 Å². The molecule has 1 fully saturated rings. The molecule has 1 saturated heterocycles. The molecule has 17 heavy (non-hydrogen) atoms. The van der Waals surface area contributed by atoms with Gasteiger partial charge >= 0.3 is 0 Å². The largest absolute Gasteiger partial charge is 0.384 e. The Labute approximate surface area is 110 Å². The van der Waals surface area contributed by atoms with E-state index >= 15 is 0 Å². The van der Waals surface area contributed by atoms with Gasteiger partial charge in [0.15, 0.2) is 0 Å². The van der Waals surface area contributed by atoms with Gasteiger partial charge in [0.05, 0.1) is 12.4 Å². The van der Waals surface area contributed by atoms with Gasteiger partial charge in [0.2, 0.25) is 10.0 Å². The third-order valence-corrected chi connectivity index (χ3v) is 4.98. The van der Waals surface area contributed by atoms with Crippen molar-refractivity contribution in [3.63, 3.8) is 0 Å². The van der Waals surface area contributed by atoms with Crippen LogP contribution in [0.15, 0.2) is 0 Å². The average Bonchev–Trinajstić information content (AvgIpc) is 2.26. The van der Waals surface area contributed by atoms with Crippen LogP contribution in [0, 0.1) is 5.92 Å². The predicted octanol–water partition coefficient (Wildman–Crippen LogP) is 0.444. The lowest BCUT2D eigenvalue weighted by Gasteiger charge is -2.36. The SMILES string of the molecule is COCCS(=O)(=O)N1CCC(C)CC1CN.Cl. The Balaban J connectivity index is 0.00000256. The molecule has 0 bridgehead atoms. The molecule has 0 radical (unpaired) electrons. The monoisotopic (exact) mass is 286 g/mol. The number of hydrogen-bond acceptors (Lipinski definition) is 4. The number of rotatable bonds is 5. The van der Waals surface area contributed by atoms with Crippen LogP contribution in [-0.2, 0) is 14.8 Å². The summed E-state index contributed by atoms with van der Waals surface area (Å²) in [7, 11) is -1.69. The number of piperidine rings is 1. The maximum absolute atomic E-state index is 12.0. The Morgan fingerprint density at radius 1 is 1.47 bits per heavy atom. The minimum Gasteiger partial charge on any atom is -0.384 e. The van der Waals surface area contributed by atoms with Crippen LogP contribution in [0.1, 0.15) is 19.8 Å². The molecule has 0 aromatic carbocycles. The molecule has 0 spiro atoms. The Morgan fingerprint density at radius 2 is 2.12 bits per heavy atom. The fourth-order valence-electron chi connectivity index (χ4n) is 2.12. The lowest BCUT2D eigenvalue weighted by molar-refractivity contribution is 0.198. The molecule has 0 amide bonds. The maximum atomic E-state index is 12.0. The van der Waals surface area contributed by atoms with Gasteiger partial charge in [-0.15, -0.1) is 12.4 Å². The molecule has 1 heterocycles. The van der Waals surface area contributed by atoms with E-state index in [1.54, 1.807) is 4.31 Å². The first-order chi connectivity index (χ1) is 7.51. The summed E-state index contributed by atoms with van der Waals surface area (Å²) in [6.45, 7) is 3.37. The second-order valence-electron chi connectivity index (χ2n) is 4.44. The van der Waals surface area contributed by atoms with Crippen molar-refractivity contribution in [3.8, 4) is 0 Å². The van der Waals surface area contributed by atoms with Crippen molar-refractivity contribution in [1.29, 1.82) is 0 Å². The summed E-state index contributed by atoms with van der Waals surface area (Å²) in [6, 6.07) is -0.0365. The van der Waals surface area contributed by atoms with Crippen molar-refractivity contribution in [3.05, 3.63) is 0 Å². The van der Waals surface area contributed by atoms with Crippen molar-refractivity contribution >= 4 is 22.4 Å². The fourth-order valence-corrected chi connectivity index (χ4v) is 3.74. The molecule has 2 N–H and O–H groups in total. The van der Waals surface area contributed by atoms with E-state index < -0.39 is 10.0 Å². The Kier molecular flexibility index (Phi) is 7.58. The number of nitrogens with zero attached hydrogens (tertiary/aromatic N) is 1. The maximum Gasteiger partial charge on any atom is 0.216 e. The molecule has 2 atom stereocenters. The molecule has 1 aliphatic rings. The number of nitrogens with two attached hydrogens (primary N) is 1. The number of methoxy groups -OCH3 is 1. The van der Waals surface area contributed by atoms with Crippen LogP contribution in [-0.4, -0.2) is 51.3 Å². The summed E-state index contributed by atoms with van der Waals surface area (Å²) in [5, 5.41) is 0. The minimum atomic E-state index is -3.20. The summed E-state index contributed by atoms with van der Waals surface area (Å²) >= 11 is 0. The molecule has 0 aliphatic carbocycles. The molecular weight excluding hydrogens is 264 g/mol.